The number of aromatic nitrogens is 1. The van der Waals surface area contributed by atoms with Gasteiger partial charge in [0.1, 0.15) is 5.01 Å². The van der Waals surface area contributed by atoms with Crippen LogP contribution in [0, 0.1) is 5.92 Å². The number of fused-ring (bicyclic) bond motifs is 1. The number of aliphatic hydroxyl groups excluding tert-OH is 1. The van der Waals surface area contributed by atoms with E-state index in [1.54, 1.807) is 0 Å². The fourth-order valence-corrected chi connectivity index (χ4v) is 4.21. The van der Waals surface area contributed by atoms with Crippen LogP contribution in [0.25, 0.3) is 0 Å². The van der Waals surface area contributed by atoms with Gasteiger partial charge in [0.25, 0.3) is 0 Å². The molecular formula is C15H24N2OS. The van der Waals surface area contributed by atoms with Gasteiger partial charge in [-0.15, -0.1) is 11.3 Å². The number of aliphatic hydroxyl groups is 1. The highest BCUT2D eigenvalue weighted by molar-refractivity contribution is 7.11. The fraction of sp³-hybridized carbons (Fsp3) is 0.800. The Morgan fingerprint density at radius 3 is 2.84 bits per heavy atom. The molecule has 1 aromatic heterocycles. The number of nitrogens with one attached hydrogen (secondary N) is 1. The van der Waals surface area contributed by atoms with Crippen molar-refractivity contribution in [1.29, 1.82) is 0 Å². The van der Waals surface area contributed by atoms with Crippen LogP contribution in [-0.4, -0.2) is 22.7 Å². The Morgan fingerprint density at radius 2 is 2.16 bits per heavy atom. The molecule has 2 unspecified atom stereocenters. The summed E-state index contributed by atoms with van der Waals surface area (Å²) in [5.74, 6) is 0.782. The lowest BCUT2D eigenvalue weighted by molar-refractivity contribution is 0.250. The van der Waals surface area contributed by atoms with Crippen molar-refractivity contribution in [3.63, 3.8) is 0 Å². The molecule has 2 aliphatic rings. The lowest BCUT2D eigenvalue weighted by Crippen LogP contribution is -2.34. The monoisotopic (exact) mass is 280 g/mol. The van der Waals surface area contributed by atoms with Crippen molar-refractivity contribution in [3.05, 3.63) is 15.6 Å². The number of nitrogens with zero attached hydrogens (tertiary/aromatic N) is 1. The summed E-state index contributed by atoms with van der Waals surface area (Å²) in [4.78, 5) is 6.35. The quantitative estimate of drug-likeness (QED) is 0.842. The van der Waals surface area contributed by atoms with Gasteiger partial charge in [-0.3, -0.25) is 0 Å². The Balaban J connectivity index is 1.65. The molecule has 4 heteroatoms. The average molecular weight is 280 g/mol. The molecule has 2 atom stereocenters. The van der Waals surface area contributed by atoms with Gasteiger partial charge in [0.15, 0.2) is 0 Å². The molecule has 2 aliphatic carbocycles. The maximum Gasteiger partial charge on any atom is 0.110 e. The second-order valence-electron chi connectivity index (χ2n) is 5.97. The molecule has 1 fully saturated rings. The summed E-state index contributed by atoms with van der Waals surface area (Å²) < 4.78 is 0. The number of rotatable bonds is 6. The number of hydrogen-bond donors (Lipinski definition) is 2. The van der Waals surface area contributed by atoms with Crippen molar-refractivity contribution < 1.29 is 5.11 Å². The zero-order valence-corrected chi connectivity index (χ0v) is 12.5. The highest BCUT2D eigenvalue weighted by atomic mass is 32.1. The number of hydrogen-bond acceptors (Lipinski definition) is 4. The van der Waals surface area contributed by atoms with Crippen molar-refractivity contribution in [2.75, 3.05) is 6.61 Å². The Morgan fingerprint density at radius 1 is 1.37 bits per heavy atom. The summed E-state index contributed by atoms with van der Waals surface area (Å²) in [5.41, 5.74) is 1.35. The van der Waals surface area contributed by atoms with E-state index in [2.05, 4.69) is 12.2 Å². The normalized spacial score (nSPS) is 22.0. The first-order valence-corrected chi connectivity index (χ1v) is 8.45. The molecule has 2 N–H and O–H groups in total. The van der Waals surface area contributed by atoms with Gasteiger partial charge in [0.2, 0.25) is 0 Å². The predicted octanol–water partition coefficient (Wildman–Crippen LogP) is 2.83. The summed E-state index contributed by atoms with van der Waals surface area (Å²) in [6, 6.07) is 0.800. The van der Waals surface area contributed by atoms with Crippen molar-refractivity contribution in [2.24, 2.45) is 5.92 Å². The minimum Gasteiger partial charge on any atom is -0.396 e. The molecule has 0 saturated heterocycles. The van der Waals surface area contributed by atoms with Gasteiger partial charge >= 0.3 is 0 Å². The van der Waals surface area contributed by atoms with Gasteiger partial charge in [0, 0.05) is 17.5 Å². The van der Waals surface area contributed by atoms with Crippen LogP contribution < -0.4 is 5.32 Å². The fourth-order valence-electron chi connectivity index (χ4n) is 3.04. The second-order valence-corrected chi connectivity index (χ2v) is 7.09. The van der Waals surface area contributed by atoms with Crippen LogP contribution >= 0.6 is 11.3 Å². The maximum atomic E-state index is 9.18. The van der Waals surface area contributed by atoms with Crippen LogP contribution in [0.2, 0.25) is 0 Å². The van der Waals surface area contributed by atoms with Crippen LogP contribution in [-0.2, 0) is 12.8 Å². The first-order chi connectivity index (χ1) is 9.28. The summed E-state index contributed by atoms with van der Waals surface area (Å²) in [6.45, 7) is 2.51. The van der Waals surface area contributed by atoms with Gasteiger partial charge < -0.3 is 10.4 Å². The summed E-state index contributed by atoms with van der Waals surface area (Å²) >= 11 is 1.90. The van der Waals surface area contributed by atoms with E-state index in [1.807, 2.05) is 11.3 Å². The van der Waals surface area contributed by atoms with Gasteiger partial charge in [-0.25, -0.2) is 4.98 Å². The van der Waals surface area contributed by atoms with Crippen LogP contribution in [0.15, 0.2) is 0 Å². The van der Waals surface area contributed by atoms with E-state index in [0.717, 1.165) is 12.3 Å². The Hall–Kier alpha value is -0.450. The molecule has 0 aromatic carbocycles. The topological polar surface area (TPSA) is 45.1 Å². The van der Waals surface area contributed by atoms with E-state index >= 15 is 0 Å². The van der Waals surface area contributed by atoms with E-state index in [4.69, 9.17) is 4.98 Å². The molecule has 0 amide bonds. The zero-order chi connectivity index (χ0) is 13.2. The lowest BCUT2D eigenvalue weighted by Gasteiger charge is -2.21. The summed E-state index contributed by atoms with van der Waals surface area (Å²) in [6.07, 6.45) is 8.53. The van der Waals surface area contributed by atoms with Crippen LogP contribution in [0.5, 0.6) is 0 Å². The minimum atomic E-state index is 0.287. The van der Waals surface area contributed by atoms with E-state index < -0.39 is 0 Å². The molecule has 19 heavy (non-hydrogen) atoms. The summed E-state index contributed by atoms with van der Waals surface area (Å²) in [5, 5.41) is 14.1. The SMILES string of the molecule is CC(NC(CCO)C1CC1)c1nc2c(s1)CCCC2. The highest BCUT2D eigenvalue weighted by Crippen LogP contribution is 2.36. The first-order valence-electron chi connectivity index (χ1n) is 7.63. The predicted molar refractivity (Wildman–Crippen MR) is 78.5 cm³/mol. The molecule has 0 aliphatic heterocycles. The Bertz CT molecular complexity index is 404. The molecule has 0 spiro atoms. The summed E-state index contributed by atoms with van der Waals surface area (Å²) in [7, 11) is 0. The third kappa shape index (κ3) is 3.18. The molecule has 1 aromatic rings. The number of aryl methyl sites for hydroxylation is 2. The number of thiazole rings is 1. The third-order valence-electron chi connectivity index (χ3n) is 4.33. The Labute approximate surface area is 119 Å². The lowest BCUT2D eigenvalue weighted by atomic mass is 10.0. The van der Waals surface area contributed by atoms with Gasteiger partial charge in [-0.2, -0.15) is 0 Å². The molecule has 1 saturated carbocycles. The van der Waals surface area contributed by atoms with Crippen molar-refractivity contribution in [1.82, 2.24) is 10.3 Å². The maximum absolute atomic E-state index is 9.18. The van der Waals surface area contributed by atoms with Gasteiger partial charge in [-0.1, -0.05) is 0 Å². The molecular weight excluding hydrogens is 256 g/mol. The van der Waals surface area contributed by atoms with Gasteiger partial charge in [0.05, 0.1) is 11.7 Å². The minimum absolute atomic E-state index is 0.287. The van der Waals surface area contributed by atoms with Gasteiger partial charge in [-0.05, 0) is 57.8 Å². The highest BCUT2D eigenvalue weighted by Gasteiger charge is 2.32. The van der Waals surface area contributed by atoms with E-state index in [-0.39, 0.29) is 6.61 Å². The zero-order valence-electron chi connectivity index (χ0n) is 11.7. The molecule has 106 valence electrons. The Kier molecular flexibility index (Phi) is 4.20. The molecule has 1 heterocycles. The molecule has 3 rings (SSSR count). The molecule has 0 bridgehead atoms. The van der Waals surface area contributed by atoms with Crippen LogP contribution in [0.3, 0.4) is 0 Å². The standard InChI is InChI=1S/C15H24N2OS/c1-10(16-12(8-9-18)11-6-7-11)15-17-13-4-2-3-5-14(13)19-15/h10-12,16,18H,2-9H2,1H3. The van der Waals surface area contributed by atoms with Crippen LogP contribution in [0.1, 0.15) is 60.6 Å². The first kappa shape index (κ1) is 13.5. The van der Waals surface area contributed by atoms with E-state index in [9.17, 15) is 5.11 Å². The average Bonchev–Trinajstić information content (AvgIpc) is 3.16. The molecule has 3 nitrogen and oxygen atoms in total. The second kappa shape index (κ2) is 5.90. The van der Waals surface area contributed by atoms with Crippen LogP contribution in [0.4, 0.5) is 0 Å². The van der Waals surface area contributed by atoms with E-state index in [1.165, 1.54) is 54.1 Å². The third-order valence-corrected chi connectivity index (χ3v) is 5.67. The van der Waals surface area contributed by atoms with Crippen molar-refractivity contribution >= 4 is 11.3 Å². The van der Waals surface area contributed by atoms with Crippen molar-refractivity contribution in [2.45, 2.75) is 64.0 Å². The molecule has 0 radical (unpaired) electrons. The smallest absolute Gasteiger partial charge is 0.110 e. The van der Waals surface area contributed by atoms with E-state index in [0.29, 0.717) is 12.1 Å². The largest absolute Gasteiger partial charge is 0.396 e. The van der Waals surface area contributed by atoms with Crippen molar-refractivity contribution in [3.8, 4) is 0 Å².